The molecule has 0 aliphatic heterocycles. The first-order valence-corrected chi connectivity index (χ1v) is 8.73. The molecular weight excluding hydrogens is 410 g/mol. The number of ether oxygens (including phenoxy) is 1. The number of hydrogen-bond acceptors (Lipinski definition) is 5. The van der Waals surface area contributed by atoms with Gasteiger partial charge in [0, 0.05) is 28.0 Å². The number of amides is 1. The van der Waals surface area contributed by atoms with Crippen LogP contribution in [0, 0.1) is 0 Å². The third-order valence-electron chi connectivity index (χ3n) is 3.50. The molecule has 134 valence electrons. The molecule has 1 aromatic heterocycles. The van der Waals surface area contributed by atoms with E-state index in [1.165, 1.54) is 18.6 Å². The van der Waals surface area contributed by atoms with E-state index >= 15 is 0 Å². The molecule has 7 heteroatoms. The van der Waals surface area contributed by atoms with Crippen molar-refractivity contribution in [2.45, 2.75) is 0 Å². The van der Waals surface area contributed by atoms with Gasteiger partial charge in [-0.15, -0.1) is 0 Å². The summed E-state index contributed by atoms with van der Waals surface area (Å²) >= 11 is 3.37. The fourth-order valence-electron chi connectivity index (χ4n) is 2.17. The molecule has 0 aliphatic rings. The zero-order valence-electron chi connectivity index (χ0n) is 14.0. The normalized spacial score (nSPS) is 10.6. The van der Waals surface area contributed by atoms with E-state index in [-0.39, 0.29) is 5.91 Å². The lowest BCUT2D eigenvalue weighted by Crippen LogP contribution is -2.17. The highest BCUT2D eigenvalue weighted by atomic mass is 79.9. The maximum Gasteiger partial charge on any atom is 0.343 e. The highest BCUT2D eigenvalue weighted by molar-refractivity contribution is 9.10. The summed E-state index contributed by atoms with van der Waals surface area (Å²) in [5.41, 5.74) is 3.83. The topological polar surface area (TPSA) is 80.6 Å². The Kier molecular flexibility index (Phi) is 6.06. The van der Waals surface area contributed by atoms with Crippen LogP contribution < -0.4 is 10.2 Å². The van der Waals surface area contributed by atoms with Gasteiger partial charge in [0.25, 0.3) is 5.91 Å². The van der Waals surface area contributed by atoms with Gasteiger partial charge in [-0.25, -0.2) is 10.2 Å². The molecular formula is C20H14BrN3O3. The van der Waals surface area contributed by atoms with Crippen LogP contribution in [0.5, 0.6) is 5.75 Å². The second kappa shape index (κ2) is 8.86. The molecule has 1 amide bonds. The van der Waals surface area contributed by atoms with Crippen LogP contribution in [-0.4, -0.2) is 23.1 Å². The maximum absolute atomic E-state index is 12.3. The monoisotopic (exact) mass is 423 g/mol. The van der Waals surface area contributed by atoms with Gasteiger partial charge >= 0.3 is 5.97 Å². The van der Waals surface area contributed by atoms with Gasteiger partial charge in [-0.1, -0.05) is 34.1 Å². The van der Waals surface area contributed by atoms with Crippen molar-refractivity contribution in [1.29, 1.82) is 0 Å². The fraction of sp³-hybridized carbons (Fsp3) is 0. The quantitative estimate of drug-likeness (QED) is 0.292. The molecule has 1 heterocycles. The number of benzene rings is 2. The molecule has 2 aromatic carbocycles. The number of hydrogen-bond donors (Lipinski definition) is 1. The van der Waals surface area contributed by atoms with Gasteiger partial charge in [0.15, 0.2) is 0 Å². The summed E-state index contributed by atoms with van der Waals surface area (Å²) < 4.78 is 6.24. The lowest BCUT2D eigenvalue weighted by molar-refractivity contribution is 0.0734. The second-order valence-electron chi connectivity index (χ2n) is 5.37. The summed E-state index contributed by atoms with van der Waals surface area (Å²) in [6, 6.07) is 17.0. The predicted molar refractivity (Wildman–Crippen MR) is 105 cm³/mol. The number of halogens is 1. The Hall–Kier alpha value is -3.32. The van der Waals surface area contributed by atoms with Gasteiger partial charge in [-0.2, -0.15) is 5.10 Å². The SMILES string of the molecule is O=C(N/N=C\c1cc(Br)ccc1OC(=O)c1ccccc1)c1ccncc1. The molecule has 0 bridgehead atoms. The molecule has 1 N–H and O–H groups in total. The van der Waals surface area contributed by atoms with E-state index in [4.69, 9.17) is 4.74 Å². The molecule has 0 atom stereocenters. The highest BCUT2D eigenvalue weighted by Crippen LogP contribution is 2.23. The minimum absolute atomic E-state index is 0.328. The third-order valence-corrected chi connectivity index (χ3v) is 3.99. The van der Waals surface area contributed by atoms with Crippen LogP contribution in [0.4, 0.5) is 0 Å². The van der Waals surface area contributed by atoms with E-state index in [0.29, 0.717) is 22.4 Å². The molecule has 0 spiro atoms. The van der Waals surface area contributed by atoms with E-state index in [9.17, 15) is 9.59 Å². The van der Waals surface area contributed by atoms with Crippen molar-refractivity contribution in [2.24, 2.45) is 5.10 Å². The lowest BCUT2D eigenvalue weighted by atomic mass is 10.2. The summed E-state index contributed by atoms with van der Waals surface area (Å²) in [5, 5.41) is 3.94. The molecule has 0 unspecified atom stereocenters. The Morgan fingerprint density at radius 2 is 1.74 bits per heavy atom. The van der Waals surface area contributed by atoms with Crippen LogP contribution in [-0.2, 0) is 0 Å². The molecule has 3 aromatic rings. The fourth-order valence-corrected chi connectivity index (χ4v) is 2.55. The van der Waals surface area contributed by atoms with Crippen molar-refractivity contribution >= 4 is 34.0 Å². The molecule has 3 rings (SSSR count). The lowest BCUT2D eigenvalue weighted by Gasteiger charge is -2.08. The Morgan fingerprint density at radius 3 is 2.48 bits per heavy atom. The predicted octanol–water partition coefficient (Wildman–Crippen LogP) is 3.83. The average molecular weight is 424 g/mol. The van der Waals surface area contributed by atoms with Crippen molar-refractivity contribution < 1.29 is 14.3 Å². The molecule has 0 radical (unpaired) electrons. The second-order valence-corrected chi connectivity index (χ2v) is 6.29. The van der Waals surface area contributed by atoms with Crippen LogP contribution in [0.3, 0.4) is 0 Å². The summed E-state index contributed by atoms with van der Waals surface area (Å²) in [6.45, 7) is 0. The molecule has 6 nitrogen and oxygen atoms in total. The van der Waals surface area contributed by atoms with Gasteiger partial charge in [0.05, 0.1) is 11.8 Å². The number of esters is 1. The molecule has 0 aliphatic carbocycles. The summed E-state index contributed by atoms with van der Waals surface area (Å²) in [7, 11) is 0. The number of pyridine rings is 1. The van der Waals surface area contributed by atoms with Gasteiger partial charge in [0.1, 0.15) is 5.75 Å². The number of carbonyl (C=O) groups excluding carboxylic acids is 2. The maximum atomic E-state index is 12.3. The Bertz CT molecular complexity index is 976. The largest absolute Gasteiger partial charge is 0.422 e. The summed E-state index contributed by atoms with van der Waals surface area (Å²) in [6.07, 6.45) is 4.46. The zero-order valence-corrected chi connectivity index (χ0v) is 15.6. The van der Waals surface area contributed by atoms with Crippen LogP contribution >= 0.6 is 15.9 Å². The van der Waals surface area contributed by atoms with E-state index in [0.717, 1.165) is 4.47 Å². The summed E-state index contributed by atoms with van der Waals surface area (Å²) in [4.78, 5) is 28.1. The Balaban J connectivity index is 1.74. The van der Waals surface area contributed by atoms with Crippen LogP contribution in [0.2, 0.25) is 0 Å². The first-order valence-electron chi connectivity index (χ1n) is 7.94. The smallest absolute Gasteiger partial charge is 0.343 e. The molecule has 27 heavy (non-hydrogen) atoms. The first kappa shape index (κ1) is 18.5. The van der Waals surface area contributed by atoms with Crippen molar-refractivity contribution in [1.82, 2.24) is 10.4 Å². The van der Waals surface area contributed by atoms with Crippen molar-refractivity contribution in [3.8, 4) is 5.75 Å². The number of nitrogens with zero attached hydrogens (tertiary/aromatic N) is 2. The summed E-state index contributed by atoms with van der Waals surface area (Å²) in [5.74, 6) is -0.520. The van der Waals surface area contributed by atoms with Crippen LogP contribution in [0.25, 0.3) is 0 Å². The Labute approximate surface area is 164 Å². The standard InChI is InChI=1S/C20H14BrN3O3/c21-17-6-7-18(27-20(26)15-4-2-1-3-5-15)16(12-17)13-23-24-19(25)14-8-10-22-11-9-14/h1-13H,(H,24,25)/b23-13-. The van der Waals surface area contributed by atoms with E-state index in [1.54, 1.807) is 54.6 Å². The molecule has 0 saturated heterocycles. The van der Waals surface area contributed by atoms with Crippen molar-refractivity contribution in [3.05, 3.63) is 94.2 Å². The van der Waals surface area contributed by atoms with E-state index in [2.05, 4.69) is 31.4 Å². The number of rotatable bonds is 5. The van der Waals surface area contributed by atoms with E-state index < -0.39 is 5.97 Å². The average Bonchev–Trinajstić information content (AvgIpc) is 2.71. The van der Waals surface area contributed by atoms with Gasteiger partial charge in [-0.05, 0) is 42.5 Å². The third kappa shape index (κ3) is 5.08. The van der Waals surface area contributed by atoms with Crippen LogP contribution in [0.15, 0.2) is 82.6 Å². The minimum atomic E-state index is -0.478. The number of nitrogens with one attached hydrogen (secondary N) is 1. The number of hydrazone groups is 1. The van der Waals surface area contributed by atoms with Crippen LogP contribution in [0.1, 0.15) is 26.3 Å². The molecule has 0 saturated carbocycles. The molecule has 0 fully saturated rings. The highest BCUT2D eigenvalue weighted by Gasteiger charge is 2.11. The minimum Gasteiger partial charge on any atom is -0.422 e. The van der Waals surface area contributed by atoms with Gasteiger partial charge in [-0.3, -0.25) is 9.78 Å². The zero-order chi connectivity index (χ0) is 19.1. The number of aromatic nitrogens is 1. The number of carbonyl (C=O) groups is 2. The van der Waals surface area contributed by atoms with Gasteiger partial charge in [0.2, 0.25) is 0 Å². The van der Waals surface area contributed by atoms with Crippen molar-refractivity contribution in [3.63, 3.8) is 0 Å². The van der Waals surface area contributed by atoms with Crippen molar-refractivity contribution in [2.75, 3.05) is 0 Å². The van der Waals surface area contributed by atoms with E-state index in [1.807, 2.05) is 6.07 Å². The van der Waals surface area contributed by atoms with Gasteiger partial charge < -0.3 is 4.74 Å². The first-order chi connectivity index (χ1) is 13.1. The Morgan fingerprint density at radius 1 is 1.00 bits per heavy atom.